The quantitative estimate of drug-likeness (QED) is 0.659. The number of halogens is 1. The van der Waals surface area contributed by atoms with E-state index in [1.807, 2.05) is 12.3 Å². The van der Waals surface area contributed by atoms with Crippen LogP contribution in [0.4, 0.5) is 0 Å². The van der Waals surface area contributed by atoms with Crippen LogP contribution >= 0.6 is 11.6 Å². The van der Waals surface area contributed by atoms with E-state index in [1.165, 1.54) is 5.56 Å². The highest BCUT2D eigenvalue weighted by molar-refractivity contribution is 6.18. The highest BCUT2D eigenvalue weighted by atomic mass is 35.5. The molecule has 0 aliphatic heterocycles. The third kappa shape index (κ3) is 1.77. The minimum atomic E-state index is 0.406. The summed E-state index contributed by atoms with van der Waals surface area (Å²) >= 11 is 6.04. The summed E-state index contributed by atoms with van der Waals surface area (Å²) in [6.07, 6.45) is 3.64. The molecule has 3 rings (SSSR count). The molecule has 0 atom stereocenters. The number of fused-ring (bicyclic) bond motifs is 1. The van der Waals surface area contributed by atoms with Crippen molar-refractivity contribution in [3.8, 4) is 11.3 Å². The van der Waals surface area contributed by atoms with E-state index in [1.54, 1.807) is 10.7 Å². The minimum absolute atomic E-state index is 0.406. The molecule has 0 bridgehead atoms. The Kier molecular flexibility index (Phi) is 2.76. The van der Waals surface area contributed by atoms with Crippen molar-refractivity contribution in [2.75, 3.05) is 0 Å². The molecule has 0 amide bonds. The van der Waals surface area contributed by atoms with Gasteiger partial charge in [0.1, 0.15) is 0 Å². The molecular weight excluding hydrogens is 246 g/mol. The van der Waals surface area contributed by atoms with Crippen LogP contribution < -0.4 is 0 Å². The molecule has 2 heterocycles. The minimum Gasteiger partial charge on any atom is -0.237 e. The molecule has 0 spiro atoms. The molecule has 3 aromatic rings. The van der Waals surface area contributed by atoms with Crippen LogP contribution in [0.5, 0.6) is 0 Å². The molecule has 3 nitrogen and oxygen atoms in total. The fraction of sp³-hybridized carbons (Fsp3) is 0.143. The Hall–Kier alpha value is -1.87. The molecule has 0 saturated heterocycles. The van der Waals surface area contributed by atoms with E-state index in [4.69, 9.17) is 11.6 Å². The number of rotatable bonds is 2. The van der Waals surface area contributed by atoms with Gasteiger partial charge in [0, 0.05) is 23.5 Å². The molecular formula is C14H12ClN3. The van der Waals surface area contributed by atoms with Crippen molar-refractivity contribution >= 4 is 17.2 Å². The fourth-order valence-electron chi connectivity index (χ4n) is 2.00. The SMILES string of the molecule is Cc1ccc(-c2nn3cccnc3c2CCl)cc1. The number of nitrogens with zero attached hydrogens (tertiary/aromatic N) is 3. The number of hydrogen-bond acceptors (Lipinski definition) is 2. The van der Waals surface area contributed by atoms with Gasteiger partial charge in [-0.1, -0.05) is 29.8 Å². The van der Waals surface area contributed by atoms with Crippen molar-refractivity contribution in [2.45, 2.75) is 12.8 Å². The molecule has 90 valence electrons. The van der Waals surface area contributed by atoms with Crippen molar-refractivity contribution in [1.82, 2.24) is 14.6 Å². The Morgan fingerprint density at radius 1 is 1.22 bits per heavy atom. The van der Waals surface area contributed by atoms with Crippen LogP contribution in [-0.4, -0.2) is 14.6 Å². The second-order valence-corrected chi connectivity index (χ2v) is 4.48. The van der Waals surface area contributed by atoms with Crippen LogP contribution in [0.15, 0.2) is 42.7 Å². The van der Waals surface area contributed by atoms with Gasteiger partial charge < -0.3 is 0 Å². The number of aromatic nitrogens is 3. The van der Waals surface area contributed by atoms with Crippen molar-refractivity contribution in [3.05, 3.63) is 53.9 Å². The summed E-state index contributed by atoms with van der Waals surface area (Å²) in [7, 11) is 0. The van der Waals surface area contributed by atoms with Gasteiger partial charge in [0.05, 0.1) is 11.6 Å². The molecule has 0 fully saturated rings. The van der Waals surface area contributed by atoms with E-state index in [2.05, 4.69) is 41.3 Å². The van der Waals surface area contributed by atoms with Crippen LogP contribution in [0.1, 0.15) is 11.1 Å². The number of alkyl halides is 1. The van der Waals surface area contributed by atoms with E-state index in [-0.39, 0.29) is 0 Å². The van der Waals surface area contributed by atoms with Gasteiger partial charge in [-0.25, -0.2) is 9.50 Å². The first-order chi connectivity index (χ1) is 8.79. The maximum absolute atomic E-state index is 6.04. The van der Waals surface area contributed by atoms with Crippen molar-refractivity contribution in [1.29, 1.82) is 0 Å². The molecule has 1 aromatic carbocycles. The highest BCUT2D eigenvalue weighted by Crippen LogP contribution is 2.26. The summed E-state index contributed by atoms with van der Waals surface area (Å²) in [4.78, 5) is 4.33. The molecule has 0 aliphatic carbocycles. The predicted octanol–water partition coefficient (Wildman–Crippen LogP) is 3.44. The standard InChI is InChI=1S/C14H12ClN3/c1-10-3-5-11(6-4-10)13-12(9-15)14-16-7-2-8-18(14)17-13/h2-8H,9H2,1H3. The lowest BCUT2D eigenvalue weighted by Gasteiger charge is -1.99. The number of benzene rings is 1. The first-order valence-corrected chi connectivity index (χ1v) is 6.28. The lowest BCUT2D eigenvalue weighted by Crippen LogP contribution is -1.87. The van der Waals surface area contributed by atoms with E-state index < -0.39 is 0 Å². The van der Waals surface area contributed by atoms with E-state index in [0.717, 1.165) is 22.5 Å². The fourth-order valence-corrected chi connectivity index (χ4v) is 2.25. The van der Waals surface area contributed by atoms with Gasteiger partial charge >= 0.3 is 0 Å². The summed E-state index contributed by atoms with van der Waals surface area (Å²) in [5, 5.41) is 4.55. The normalized spacial score (nSPS) is 11.0. The molecule has 0 unspecified atom stereocenters. The Morgan fingerprint density at radius 3 is 2.72 bits per heavy atom. The van der Waals surface area contributed by atoms with E-state index in [9.17, 15) is 0 Å². The number of hydrogen-bond donors (Lipinski definition) is 0. The Labute approximate surface area is 110 Å². The Balaban J connectivity index is 2.25. The third-order valence-corrected chi connectivity index (χ3v) is 3.22. The molecule has 0 N–H and O–H groups in total. The Morgan fingerprint density at radius 2 is 2.00 bits per heavy atom. The zero-order valence-electron chi connectivity index (χ0n) is 9.97. The average Bonchev–Trinajstić information content (AvgIpc) is 2.78. The highest BCUT2D eigenvalue weighted by Gasteiger charge is 2.13. The average molecular weight is 258 g/mol. The maximum Gasteiger partial charge on any atom is 0.159 e. The first-order valence-electron chi connectivity index (χ1n) is 5.75. The van der Waals surface area contributed by atoms with Gasteiger partial charge in [-0.2, -0.15) is 5.10 Å². The molecule has 0 aliphatic rings. The topological polar surface area (TPSA) is 30.2 Å². The third-order valence-electron chi connectivity index (χ3n) is 2.95. The largest absolute Gasteiger partial charge is 0.237 e. The van der Waals surface area contributed by atoms with Crippen molar-refractivity contribution in [2.24, 2.45) is 0 Å². The van der Waals surface area contributed by atoms with Crippen molar-refractivity contribution < 1.29 is 0 Å². The summed E-state index contributed by atoms with van der Waals surface area (Å²) in [5.41, 5.74) is 5.00. The lowest BCUT2D eigenvalue weighted by molar-refractivity contribution is 0.943. The summed E-state index contributed by atoms with van der Waals surface area (Å²) in [5.74, 6) is 0.406. The maximum atomic E-state index is 6.04. The first kappa shape index (κ1) is 11.2. The zero-order chi connectivity index (χ0) is 12.5. The van der Waals surface area contributed by atoms with Crippen LogP contribution in [0.2, 0.25) is 0 Å². The lowest BCUT2D eigenvalue weighted by atomic mass is 10.1. The van der Waals surface area contributed by atoms with Crippen LogP contribution in [0.3, 0.4) is 0 Å². The zero-order valence-corrected chi connectivity index (χ0v) is 10.7. The molecule has 0 radical (unpaired) electrons. The molecule has 0 saturated carbocycles. The Bertz CT molecular complexity index is 686. The number of aryl methyl sites for hydroxylation is 1. The smallest absolute Gasteiger partial charge is 0.159 e. The van der Waals surface area contributed by atoms with Gasteiger partial charge in [-0.05, 0) is 13.0 Å². The van der Waals surface area contributed by atoms with Crippen LogP contribution in [0.25, 0.3) is 16.9 Å². The molecule has 18 heavy (non-hydrogen) atoms. The van der Waals surface area contributed by atoms with E-state index in [0.29, 0.717) is 5.88 Å². The second kappa shape index (κ2) is 4.42. The summed E-state index contributed by atoms with van der Waals surface area (Å²) in [6.45, 7) is 2.07. The van der Waals surface area contributed by atoms with Gasteiger partial charge in [-0.15, -0.1) is 11.6 Å². The molecule has 2 aromatic heterocycles. The monoisotopic (exact) mass is 257 g/mol. The summed E-state index contributed by atoms with van der Waals surface area (Å²) in [6, 6.07) is 10.1. The van der Waals surface area contributed by atoms with Crippen LogP contribution in [0, 0.1) is 6.92 Å². The van der Waals surface area contributed by atoms with Gasteiger partial charge in [0.15, 0.2) is 5.65 Å². The second-order valence-electron chi connectivity index (χ2n) is 4.21. The summed E-state index contributed by atoms with van der Waals surface area (Å²) < 4.78 is 1.77. The molecule has 4 heteroatoms. The van der Waals surface area contributed by atoms with Crippen molar-refractivity contribution in [3.63, 3.8) is 0 Å². The van der Waals surface area contributed by atoms with Gasteiger partial charge in [0.2, 0.25) is 0 Å². The van der Waals surface area contributed by atoms with Gasteiger partial charge in [-0.3, -0.25) is 0 Å². The van der Waals surface area contributed by atoms with Gasteiger partial charge in [0.25, 0.3) is 0 Å². The predicted molar refractivity (Wildman–Crippen MR) is 72.7 cm³/mol. The van der Waals surface area contributed by atoms with Crippen LogP contribution in [-0.2, 0) is 5.88 Å². The van der Waals surface area contributed by atoms with E-state index >= 15 is 0 Å².